The standard InChI is InChI=1S/C12H21N3OS/c1-8-7-15(5-6-16-8)12-14-10(3)11(17-12)9(2)13-4/h8-9,13H,5-7H2,1-4H3. The van der Waals surface area contributed by atoms with Crippen LogP contribution in [0.4, 0.5) is 5.13 Å². The van der Waals surface area contributed by atoms with Crippen molar-refractivity contribution >= 4 is 16.5 Å². The average molecular weight is 255 g/mol. The summed E-state index contributed by atoms with van der Waals surface area (Å²) in [5.41, 5.74) is 1.14. The molecular formula is C12H21N3OS. The van der Waals surface area contributed by atoms with E-state index in [-0.39, 0.29) is 0 Å². The molecule has 17 heavy (non-hydrogen) atoms. The number of anilines is 1. The second kappa shape index (κ2) is 5.33. The molecule has 0 aromatic carbocycles. The van der Waals surface area contributed by atoms with Crippen molar-refractivity contribution < 1.29 is 4.74 Å². The third-order valence-electron chi connectivity index (χ3n) is 3.16. The highest BCUT2D eigenvalue weighted by atomic mass is 32.1. The molecule has 2 rings (SSSR count). The number of nitrogens with zero attached hydrogens (tertiary/aromatic N) is 2. The van der Waals surface area contributed by atoms with Gasteiger partial charge in [-0.15, -0.1) is 11.3 Å². The molecule has 2 atom stereocenters. The Kier molecular flexibility index (Phi) is 4.01. The predicted octanol–water partition coefficient (Wildman–Crippen LogP) is 1.96. The van der Waals surface area contributed by atoms with E-state index < -0.39 is 0 Å². The number of rotatable bonds is 3. The van der Waals surface area contributed by atoms with Gasteiger partial charge in [0.15, 0.2) is 5.13 Å². The Hall–Kier alpha value is -0.650. The Morgan fingerprint density at radius 2 is 2.35 bits per heavy atom. The van der Waals surface area contributed by atoms with Crippen LogP contribution in [0.2, 0.25) is 0 Å². The van der Waals surface area contributed by atoms with Crippen LogP contribution in [-0.4, -0.2) is 37.8 Å². The van der Waals surface area contributed by atoms with Gasteiger partial charge in [-0.3, -0.25) is 0 Å². The van der Waals surface area contributed by atoms with E-state index in [1.54, 1.807) is 11.3 Å². The van der Waals surface area contributed by atoms with Crippen molar-refractivity contribution in [2.24, 2.45) is 0 Å². The van der Waals surface area contributed by atoms with Gasteiger partial charge in [-0.05, 0) is 27.8 Å². The third-order valence-corrected chi connectivity index (χ3v) is 4.56. The SMILES string of the molecule is CNC(C)c1sc(N2CCOC(C)C2)nc1C. The van der Waals surface area contributed by atoms with E-state index in [2.05, 4.69) is 36.0 Å². The Morgan fingerprint density at radius 3 is 3.00 bits per heavy atom. The molecular weight excluding hydrogens is 234 g/mol. The third kappa shape index (κ3) is 2.78. The Bertz CT molecular complexity index is 380. The molecule has 1 aliphatic rings. The summed E-state index contributed by atoms with van der Waals surface area (Å²) in [6.07, 6.45) is 0.304. The lowest BCUT2D eigenvalue weighted by Gasteiger charge is -2.30. The molecule has 0 radical (unpaired) electrons. The number of ether oxygens (including phenoxy) is 1. The minimum absolute atomic E-state index is 0.304. The fraction of sp³-hybridized carbons (Fsp3) is 0.750. The predicted molar refractivity (Wildman–Crippen MR) is 72.0 cm³/mol. The van der Waals surface area contributed by atoms with Crippen LogP contribution in [0.25, 0.3) is 0 Å². The summed E-state index contributed by atoms with van der Waals surface area (Å²) in [5, 5.41) is 4.41. The van der Waals surface area contributed by atoms with Crippen molar-refractivity contribution in [1.29, 1.82) is 0 Å². The van der Waals surface area contributed by atoms with Gasteiger partial charge in [0.2, 0.25) is 0 Å². The lowest BCUT2D eigenvalue weighted by molar-refractivity contribution is 0.0532. The molecule has 1 fully saturated rings. The van der Waals surface area contributed by atoms with Crippen molar-refractivity contribution in [2.75, 3.05) is 31.6 Å². The highest BCUT2D eigenvalue weighted by molar-refractivity contribution is 7.15. The molecule has 2 heterocycles. The van der Waals surface area contributed by atoms with Gasteiger partial charge in [0.25, 0.3) is 0 Å². The number of morpholine rings is 1. The molecule has 96 valence electrons. The van der Waals surface area contributed by atoms with Crippen molar-refractivity contribution in [3.05, 3.63) is 10.6 Å². The first-order valence-electron chi connectivity index (χ1n) is 6.13. The molecule has 1 aromatic heterocycles. The maximum atomic E-state index is 5.56. The summed E-state index contributed by atoms with van der Waals surface area (Å²) in [7, 11) is 1.99. The van der Waals surface area contributed by atoms with Gasteiger partial charge in [-0.2, -0.15) is 0 Å². The van der Waals surface area contributed by atoms with Gasteiger partial charge in [0.05, 0.1) is 18.4 Å². The molecule has 1 N–H and O–H groups in total. The number of aromatic nitrogens is 1. The van der Waals surface area contributed by atoms with E-state index in [0.29, 0.717) is 12.1 Å². The minimum atomic E-state index is 0.304. The Labute approximate surface area is 107 Å². The molecule has 1 aromatic rings. The van der Waals surface area contributed by atoms with Crippen molar-refractivity contribution in [3.63, 3.8) is 0 Å². The highest BCUT2D eigenvalue weighted by Gasteiger charge is 2.21. The number of hydrogen-bond donors (Lipinski definition) is 1. The van der Waals surface area contributed by atoms with E-state index >= 15 is 0 Å². The summed E-state index contributed by atoms with van der Waals surface area (Å²) in [6, 6.07) is 0.375. The normalized spacial score (nSPS) is 22.8. The van der Waals surface area contributed by atoms with Gasteiger partial charge in [-0.25, -0.2) is 4.98 Å². The number of thiazole rings is 1. The maximum absolute atomic E-state index is 5.56. The average Bonchev–Trinajstić information content (AvgIpc) is 2.70. The van der Waals surface area contributed by atoms with E-state index in [4.69, 9.17) is 4.74 Å². The molecule has 0 amide bonds. The smallest absolute Gasteiger partial charge is 0.185 e. The monoisotopic (exact) mass is 255 g/mol. The van der Waals surface area contributed by atoms with Crippen LogP contribution in [-0.2, 0) is 4.74 Å². The highest BCUT2D eigenvalue weighted by Crippen LogP contribution is 2.31. The lowest BCUT2D eigenvalue weighted by Crippen LogP contribution is -2.41. The van der Waals surface area contributed by atoms with E-state index in [1.165, 1.54) is 4.88 Å². The van der Waals surface area contributed by atoms with E-state index in [9.17, 15) is 0 Å². The molecule has 0 spiro atoms. The zero-order valence-electron chi connectivity index (χ0n) is 11.0. The summed E-state index contributed by atoms with van der Waals surface area (Å²) in [6.45, 7) is 9.07. The van der Waals surface area contributed by atoms with Crippen LogP contribution < -0.4 is 10.2 Å². The van der Waals surface area contributed by atoms with Crippen LogP contribution in [0, 0.1) is 6.92 Å². The van der Waals surface area contributed by atoms with Gasteiger partial charge in [0, 0.05) is 24.0 Å². The summed E-state index contributed by atoms with van der Waals surface area (Å²) in [5.74, 6) is 0. The summed E-state index contributed by atoms with van der Waals surface area (Å²) in [4.78, 5) is 8.35. The van der Waals surface area contributed by atoms with Gasteiger partial charge < -0.3 is 15.0 Å². The van der Waals surface area contributed by atoms with Gasteiger partial charge in [0.1, 0.15) is 0 Å². The zero-order valence-corrected chi connectivity index (χ0v) is 11.8. The number of aryl methyl sites for hydroxylation is 1. The second-order valence-corrected chi connectivity index (χ2v) is 5.59. The minimum Gasteiger partial charge on any atom is -0.375 e. The van der Waals surface area contributed by atoms with Crippen LogP contribution >= 0.6 is 11.3 Å². The molecule has 0 bridgehead atoms. The molecule has 1 saturated heterocycles. The fourth-order valence-corrected chi connectivity index (χ4v) is 3.22. The zero-order chi connectivity index (χ0) is 12.4. The van der Waals surface area contributed by atoms with Crippen LogP contribution in [0.5, 0.6) is 0 Å². The first-order chi connectivity index (χ1) is 8.11. The van der Waals surface area contributed by atoms with E-state index in [1.807, 2.05) is 7.05 Å². The van der Waals surface area contributed by atoms with Gasteiger partial charge >= 0.3 is 0 Å². The molecule has 5 heteroatoms. The summed E-state index contributed by atoms with van der Waals surface area (Å²) < 4.78 is 5.56. The first-order valence-corrected chi connectivity index (χ1v) is 6.94. The topological polar surface area (TPSA) is 37.4 Å². The lowest BCUT2D eigenvalue weighted by atomic mass is 10.2. The number of nitrogens with one attached hydrogen (secondary N) is 1. The maximum Gasteiger partial charge on any atom is 0.185 e. The van der Waals surface area contributed by atoms with Gasteiger partial charge in [-0.1, -0.05) is 0 Å². The quantitative estimate of drug-likeness (QED) is 0.896. The summed E-state index contributed by atoms with van der Waals surface area (Å²) >= 11 is 1.80. The van der Waals surface area contributed by atoms with Crippen LogP contribution in [0.15, 0.2) is 0 Å². The fourth-order valence-electron chi connectivity index (χ4n) is 2.05. The molecule has 2 unspecified atom stereocenters. The van der Waals surface area contributed by atoms with Crippen LogP contribution in [0.3, 0.4) is 0 Å². The Morgan fingerprint density at radius 1 is 1.59 bits per heavy atom. The molecule has 0 saturated carbocycles. The molecule has 0 aliphatic carbocycles. The first kappa shape index (κ1) is 12.8. The number of hydrogen-bond acceptors (Lipinski definition) is 5. The molecule has 4 nitrogen and oxygen atoms in total. The van der Waals surface area contributed by atoms with Crippen molar-refractivity contribution in [3.8, 4) is 0 Å². The second-order valence-electron chi connectivity index (χ2n) is 4.58. The van der Waals surface area contributed by atoms with E-state index in [0.717, 1.165) is 30.5 Å². The van der Waals surface area contributed by atoms with Crippen molar-refractivity contribution in [1.82, 2.24) is 10.3 Å². The van der Waals surface area contributed by atoms with Crippen molar-refractivity contribution in [2.45, 2.75) is 32.9 Å². The Balaban J connectivity index is 2.16. The molecule has 1 aliphatic heterocycles. The van der Waals surface area contributed by atoms with Crippen LogP contribution in [0.1, 0.15) is 30.5 Å². The largest absolute Gasteiger partial charge is 0.375 e.